The van der Waals surface area contributed by atoms with Crippen LogP contribution in [-0.4, -0.2) is 19.7 Å². The zero-order chi connectivity index (χ0) is 8.97. The van der Waals surface area contributed by atoms with Gasteiger partial charge in [-0.05, 0) is 18.9 Å². The van der Waals surface area contributed by atoms with Gasteiger partial charge in [0.05, 0.1) is 11.3 Å². The molecule has 1 amide bonds. The van der Waals surface area contributed by atoms with Crippen molar-refractivity contribution in [3.63, 3.8) is 0 Å². The highest BCUT2D eigenvalue weighted by molar-refractivity contribution is 5.98. The number of nitrogens with zero attached hydrogens (tertiary/aromatic N) is 1. The number of carbonyl (C=O) groups excluding carboxylic acids is 1. The van der Waals surface area contributed by atoms with Gasteiger partial charge in [0, 0.05) is 7.05 Å². The number of carbonyl (C=O) groups is 1. The highest BCUT2D eigenvalue weighted by atomic mass is 16.1. The van der Waals surface area contributed by atoms with Gasteiger partial charge in [-0.1, -0.05) is 12.1 Å². The van der Waals surface area contributed by atoms with Crippen LogP contribution < -0.4 is 5.32 Å². The minimum absolute atomic E-state index is 0.141. The summed E-state index contributed by atoms with van der Waals surface area (Å²) in [5.41, 5.74) is 1.16. The molecule has 1 N–H and O–H groups in total. The third-order valence-corrected chi connectivity index (χ3v) is 1.55. The van der Waals surface area contributed by atoms with Gasteiger partial charge in [0.25, 0.3) is 5.91 Å². The molecular formula is C9H10N2O. The Labute approximate surface area is 71.1 Å². The SMILES string of the molecule is C=Nc1ccccc1C(=O)NC. The van der Waals surface area contributed by atoms with E-state index in [1.54, 1.807) is 25.2 Å². The van der Waals surface area contributed by atoms with E-state index in [1.165, 1.54) is 0 Å². The maximum absolute atomic E-state index is 11.2. The Balaban J connectivity index is 3.13. The summed E-state index contributed by atoms with van der Waals surface area (Å²) in [5, 5.41) is 2.53. The summed E-state index contributed by atoms with van der Waals surface area (Å²) in [7, 11) is 1.59. The largest absolute Gasteiger partial charge is 0.355 e. The average Bonchev–Trinajstić information content (AvgIpc) is 2.16. The topological polar surface area (TPSA) is 41.5 Å². The van der Waals surface area contributed by atoms with Crippen molar-refractivity contribution in [3.05, 3.63) is 29.8 Å². The van der Waals surface area contributed by atoms with Crippen LogP contribution in [0.3, 0.4) is 0 Å². The fourth-order valence-corrected chi connectivity index (χ4v) is 0.938. The lowest BCUT2D eigenvalue weighted by atomic mass is 10.2. The third kappa shape index (κ3) is 1.50. The van der Waals surface area contributed by atoms with Crippen molar-refractivity contribution in [2.24, 2.45) is 4.99 Å². The first-order chi connectivity index (χ1) is 5.79. The molecule has 0 bridgehead atoms. The summed E-state index contributed by atoms with van der Waals surface area (Å²) >= 11 is 0. The van der Waals surface area contributed by atoms with E-state index in [9.17, 15) is 4.79 Å². The quantitative estimate of drug-likeness (QED) is 0.656. The number of para-hydroxylation sites is 1. The number of hydrogen-bond donors (Lipinski definition) is 1. The molecule has 0 unspecified atom stereocenters. The number of benzene rings is 1. The molecule has 3 heteroatoms. The first-order valence-corrected chi connectivity index (χ1v) is 3.57. The summed E-state index contributed by atoms with van der Waals surface area (Å²) in [4.78, 5) is 14.9. The smallest absolute Gasteiger partial charge is 0.253 e. The number of hydrogen-bond acceptors (Lipinski definition) is 2. The second-order valence-electron chi connectivity index (χ2n) is 2.25. The number of amides is 1. The van der Waals surface area contributed by atoms with E-state index in [0.717, 1.165) is 0 Å². The van der Waals surface area contributed by atoms with E-state index in [1.807, 2.05) is 6.07 Å². The Kier molecular flexibility index (Phi) is 2.58. The van der Waals surface area contributed by atoms with Crippen LogP contribution in [0, 0.1) is 0 Å². The zero-order valence-electron chi connectivity index (χ0n) is 6.87. The summed E-state index contributed by atoms with van der Waals surface area (Å²) < 4.78 is 0. The molecule has 62 valence electrons. The van der Waals surface area contributed by atoms with Crippen molar-refractivity contribution in [1.82, 2.24) is 5.32 Å². The van der Waals surface area contributed by atoms with Gasteiger partial charge in [-0.25, -0.2) is 0 Å². The van der Waals surface area contributed by atoms with Gasteiger partial charge in [0.1, 0.15) is 0 Å². The van der Waals surface area contributed by atoms with Crippen LogP contribution in [0.2, 0.25) is 0 Å². The Morgan fingerprint density at radius 3 is 2.75 bits per heavy atom. The Bertz CT molecular complexity index is 307. The maximum Gasteiger partial charge on any atom is 0.253 e. The lowest BCUT2D eigenvalue weighted by molar-refractivity contribution is 0.0964. The molecule has 1 aromatic carbocycles. The lowest BCUT2D eigenvalue weighted by Gasteiger charge is -2.01. The van der Waals surface area contributed by atoms with Gasteiger partial charge >= 0.3 is 0 Å². The van der Waals surface area contributed by atoms with Crippen LogP contribution in [0.4, 0.5) is 5.69 Å². The molecule has 0 spiro atoms. The van der Waals surface area contributed by atoms with E-state index in [0.29, 0.717) is 11.3 Å². The molecule has 0 saturated heterocycles. The van der Waals surface area contributed by atoms with Crippen molar-refractivity contribution in [1.29, 1.82) is 0 Å². The number of rotatable bonds is 2. The first-order valence-electron chi connectivity index (χ1n) is 3.57. The van der Waals surface area contributed by atoms with Gasteiger partial charge in [0.2, 0.25) is 0 Å². The predicted molar refractivity (Wildman–Crippen MR) is 49.0 cm³/mol. The van der Waals surface area contributed by atoms with Crippen molar-refractivity contribution in [2.75, 3.05) is 7.05 Å². The molecule has 0 aliphatic carbocycles. The zero-order valence-corrected chi connectivity index (χ0v) is 6.87. The minimum atomic E-state index is -0.141. The molecule has 0 fully saturated rings. The summed E-state index contributed by atoms with van der Waals surface area (Å²) in [6.45, 7) is 3.38. The highest BCUT2D eigenvalue weighted by Gasteiger charge is 2.06. The second-order valence-corrected chi connectivity index (χ2v) is 2.25. The van der Waals surface area contributed by atoms with Crippen LogP contribution in [0.1, 0.15) is 10.4 Å². The molecule has 0 aliphatic rings. The number of aliphatic imine (C=N–C) groups is 1. The molecule has 0 saturated carbocycles. The van der Waals surface area contributed by atoms with Gasteiger partial charge < -0.3 is 5.32 Å². The summed E-state index contributed by atoms with van der Waals surface area (Å²) in [5.74, 6) is -0.141. The fraction of sp³-hybridized carbons (Fsp3) is 0.111. The maximum atomic E-state index is 11.2. The monoisotopic (exact) mass is 162 g/mol. The minimum Gasteiger partial charge on any atom is -0.355 e. The summed E-state index contributed by atoms with van der Waals surface area (Å²) in [6, 6.07) is 7.07. The van der Waals surface area contributed by atoms with Crippen molar-refractivity contribution in [3.8, 4) is 0 Å². The van der Waals surface area contributed by atoms with Crippen LogP contribution in [0.25, 0.3) is 0 Å². The van der Waals surface area contributed by atoms with E-state index in [-0.39, 0.29) is 5.91 Å². The summed E-state index contributed by atoms with van der Waals surface area (Å²) in [6.07, 6.45) is 0. The van der Waals surface area contributed by atoms with Crippen molar-refractivity contribution < 1.29 is 4.79 Å². The third-order valence-electron chi connectivity index (χ3n) is 1.55. The molecule has 0 heterocycles. The molecular weight excluding hydrogens is 152 g/mol. The molecule has 0 aliphatic heterocycles. The lowest BCUT2D eigenvalue weighted by Crippen LogP contribution is -2.17. The molecule has 0 radical (unpaired) electrons. The Morgan fingerprint density at radius 2 is 2.17 bits per heavy atom. The Morgan fingerprint density at radius 1 is 1.50 bits per heavy atom. The Hall–Kier alpha value is -1.64. The second kappa shape index (κ2) is 3.67. The van der Waals surface area contributed by atoms with E-state index in [2.05, 4.69) is 17.0 Å². The standard InChI is InChI=1S/C9H10N2O/c1-10-8-6-4-3-5-7(8)9(12)11-2/h3-6H,1H2,2H3,(H,11,12). The number of nitrogens with one attached hydrogen (secondary N) is 1. The molecule has 3 nitrogen and oxygen atoms in total. The van der Waals surface area contributed by atoms with Crippen molar-refractivity contribution in [2.45, 2.75) is 0 Å². The predicted octanol–water partition coefficient (Wildman–Crippen LogP) is 1.38. The molecule has 1 aromatic rings. The van der Waals surface area contributed by atoms with Crippen molar-refractivity contribution >= 4 is 18.3 Å². The van der Waals surface area contributed by atoms with Gasteiger partial charge in [-0.3, -0.25) is 9.79 Å². The first kappa shape index (κ1) is 8.46. The van der Waals surface area contributed by atoms with E-state index < -0.39 is 0 Å². The van der Waals surface area contributed by atoms with Gasteiger partial charge in [-0.15, -0.1) is 0 Å². The molecule has 1 rings (SSSR count). The van der Waals surface area contributed by atoms with Gasteiger partial charge in [-0.2, -0.15) is 0 Å². The van der Waals surface area contributed by atoms with Crippen LogP contribution in [0.15, 0.2) is 29.3 Å². The van der Waals surface area contributed by atoms with E-state index in [4.69, 9.17) is 0 Å². The molecule has 0 aromatic heterocycles. The van der Waals surface area contributed by atoms with Crippen LogP contribution in [0.5, 0.6) is 0 Å². The van der Waals surface area contributed by atoms with Gasteiger partial charge in [0.15, 0.2) is 0 Å². The average molecular weight is 162 g/mol. The molecule has 0 atom stereocenters. The van der Waals surface area contributed by atoms with Crippen LogP contribution >= 0.6 is 0 Å². The fourth-order valence-electron chi connectivity index (χ4n) is 0.938. The van der Waals surface area contributed by atoms with Crippen LogP contribution in [-0.2, 0) is 0 Å². The molecule has 12 heavy (non-hydrogen) atoms. The van der Waals surface area contributed by atoms with E-state index >= 15 is 0 Å². The normalized spacial score (nSPS) is 9.08. The highest BCUT2D eigenvalue weighted by Crippen LogP contribution is 2.16.